The van der Waals surface area contributed by atoms with Gasteiger partial charge >= 0.3 is 0 Å². The summed E-state index contributed by atoms with van der Waals surface area (Å²) in [6.07, 6.45) is 7.51. The number of aromatic nitrogens is 4. The van der Waals surface area contributed by atoms with Crippen LogP contribution in [-0.4, -0.2) is 50.0 Å². The maximum Gasteiger partial charge on any atom is 0.236 e. The quantitative estimate of drug-likeness (QED) is 0.744. The normalized spacial score (nSPS) is 22.1. The Morgan fingerprint density at radius 3 is 3.17 bits per heavy atom. The third kappa shape index (κ3) is 2.11. The Bertz CT molecular complexity index is 881. The molecule has 1 atom stereocenters. The molecule has 0 aliphatic carbocycles. The van der Waals surface area contributed by atoms with Crippen molar-refractivity contribution in [2.45, 2.75) is 25.3 Å². The molecule has 1 aliphatic heterocycles. The van der Waals surface area contributed by atoms with Crippen LogP contribution < -0.4 is 5.73 Å². The van der Waals surface area contributed by atoms with Crippen molar-refractivity contribution in [3.63, 3.8) is 0 Å². The van der Waals surface area contributed by atoms with Gasteiger partial charge in [0.05, 0.1) is 30.1 Å². The van der Waals surface area contributed by atoms with Crippen molar-refractivity contribution in [1.29, 1.82) is 0 Å². The molecule has 3 N–H and O–H groups in total. The number of carbonyl (C=O) groups is 1. The Hall–Kier alpha value is -2.41. The molecule has 3 aromatic rings. The number of hydrogen-bond acceptors (Lipinski definition) is 4. The number of rotatable bonds is 2. The Balaban J connectivity index is 1.84. The average molecular weight is 312 g/mol. The average Bonchev–Trinajstić information content (AvgIpc) is 3.19. The number of likely N-dealkylation sites (tertiary alicyclic amines) is 1. The highest BCUT2D eigenvalue weighted by Crippen LogP contribution is 2.33. The van der Waals surface area contributed by atoms with Crippen LogP contribution in [0, 0.1) is 0 Å². The lowest BCUT2D eigenvalue weighted by Crippen LogP contribution is -2.51. The Morgan fingerprint density at radius 1 is 1.48 bits per heavy atom. The molecule has 1 unspecified atom stereocenters. The lowest BCUT2D eigenvalue weighted by molar-refractivity contribution is -0.132. The number of amides is 1. The molecule has 4 rings (SSSR count). The molecule has 3 aromatic heterocycles. The highest BCUT2D eigenvalue weighted by molar-refractivity contribution is 6.01. The zero-order valence-corrected chi connectivity index (χ0v) is 13.1. The number of fused-ring (bicyclic) bond motifs is 3. The first-order valence-electron chi connectivity index (χ1n) is 7.90. The summed E-state index contributed by atoms with van der Waals surface area (Å²) in [6.45, 7) is 3.68. The van der Waals surface area contributed by atoms with Crippen LogP contribution >= 0.6 is 0 Å². The van der Waals surface area contributed by atoms with E-state index in [1.54, 1.807) is 6.20 Å². The lowest BCUT2D eigenvalue weighted by Gasteiger charge is -2.41. The van der Waals surface area contributed by atoms with E-state index in [-0.39, 0.29) is 18.0 Å². The lowest BCUT2D eigenvalue weighted by atomic mass is 9.90. The van der Waals surface area contributed by atoms with E-state index in [9.17, 15) is 4.79 Å². The van der Waals surface area contributed by atoms with E-state index < -0.39 is 0 Å². The maximum atomic E-state index is 12.0. The van der Waals surface area contributed by atoms with Crippen molar-refractivity contribution >= 4 is 28.0 Å². The van der Waals surface area contributed by atoms with Gasteiger partial charge < -0.3 is 20.2 Å². The van der Waals surface area contributed by atoms with Gasteiger partial charge in [-0.1, -0.05) is 0 Å². The first-order valence-corrected chi connectivity index (χ1v) is 7.90. The second kappa shape index (κ2) is 5.06. The largest absolute Gasteiger partial charge is 0.346 e. The summed E-state index contributed by atoms with van der Waals surface area (Å²) in [5.41, 5.74) is 8.15. The highest BCUT2D eigenvalue weighted by Gasteiger charge is 2.35. The summed E-state index contributed by atoms with van der Waals surface area (Å²) in [6, 6.07) is 2.03. The molecule has 23 heavy (non-hydrogen) atoms. The van der Waals surface area contributed by atoms with Crippen LogP contribution in [0.4, 0.5) is 0 Å². The van der Waals surface area contributed by atoms with Crippen molar-refractivity contribution in [2.75, 3.05) is 19.6 Å². The molecule has 7 heteroatoms. The molecule has 0 bridgehead atoms. The SMILES string of the molecule is CC1(n2cnc3cnc4[nH]ccc4c32)CCCN(C(=O)CN)C1. The molecule has 1 saturated heterocycles. The molecule has 1 amide bonds. The number of nitrogens with two attached hydrogens (primary N) is 1. The second-order valence-electron chi connectivity index (χ2n) is 6.47. The molecule has 120 valence electrons. The number of imidazole rings is 1. The van der Waals surface area contributed by atoms with Gasteiger partial charge in [-0.05, 0) is 25.8 Å². The van der Waals surface area contributed by atoms with E-state index in [0.29, 0.717) is 6.54 Å². The van der Waals surface area contributed by atoms with Crippen LogP contribution in [0.3, 0.4) is 0 Å². The number of H-pyrrole nitrogens is 1. The molecule has 0 saturated carbocycles. The monoisotopic (exact) mass is 312 g/mol. The van der Waals surface area contributed by atoms with E-state index >= 15 is 0 Å². The van der Waals surface area contributed by atoms with Gasteiger partial charge in [-0.15, -0.1) is 0 Å². The second-order valence-corrected chi connectivity index (χ2v) is 6.47. The third-order valence-electron chi connectivity index (χ3n) is 4.88. The van der Waals surface area contributed by atoms with Crippen LogP contribution in [0.2, 0.25) is 0 Å². The zero-order valence-electron chi connectivity index (χ0n) is 13.1. The van der Waals surface area contributed by atoms with Gasteiger partial charge in [0, 0.05) is 24.7 Å². The van der Waals surface area contributed by atoms with E-state index in [0.717, 1.165) is 41.5 Å². The van der Waals surface area contributed by atoms with Crippen LogP contribution in [-0.2, 0) is 10.3 Å². The smallest absolute Gasteiger partial charge is 0.236 e. The van der Waals surface area contributed by atoms with Gasteiger partial charge in [0.2, 0.25) is 5.91 Å². The van der Waals surface area contributed by atoms with Gasteiger partial charge in [-0.25, -0.2) is 9.97 Å². The fourth-order valence-electron chi connectivity index (χ4n) is 3.68. The number of aromatic amines is 1. The molecule has 1 fully saturated rings. The highest BCUT2D eigenvalue weighted by atomic mass is 16.2. The zero-order chi connectivity index (χ0) is 16.0. The first kappa shape index (κ1) is 14.2. The standard InChI is InChI=1S/C16H20N6O/c1-16(4-2-6-21(9-16)13(23)7-17)22-10-20-12-8-19-15-11(14(12)22)3-5-18-15/h3,5,8,10H,2,4,6-7,9,17H2,1H3,(H,18,19). The molecule has 0 radical (unpaired) electrons. The predicted molar refractivity (Wildman–Crippen MR) is 87.9 cm³/mol. The van der Waals surface area contributed by atoms with Crippen molar-refractivity contribution in [2.24, 2.45) is 5.73 Å². The van der Waals surface area contributed by atoms with Crippen LogP contribution in [0.15, 0.2) is 24.8 Å². The minimum Gasteiger partial charge on any atom is -0.346 e. The summed E-state index contributed by atoms with van der Waals surface area (Å²) >= 11 is 0. The molecular formula is C16H20N6O. The Kier molecular flexibility index (Phi) is 3.12. The van der Waals surface area contributed by atoms with Crippen molar-refractivity contribution in [1.82, 2.24) is 24.4 Å². The number of nitrogens with zero attached hydrogens (tertiary/aromatic N) is 4. The van der Waals surface area contributed by atoms with Gasteiger partial charge in [-0.2, -0.15) is 0 Å². The molecule has 0 spiro atoms. The maximum absolute atomic E-state index is 12.0. The predicted octanol–water partition coefficient (Wildman–Crippen LogP) is 1.21. The van der Waals surface area contributed by atoms with Gasteiger partial charge in [0.1, 0.15) is 11.2 Å². The number of hydrogen-bond donors (Lipinski definition) is 2. The molecule has 1 aliphatic rings. The van der Waals surface area contributed by atoms with Crippen molar-refractivity contribution in [3.05, 3.63) is 24.8 Å². The number of pyridine rings is 1. The van der Waals surface area contributed by atoms with Crippen LogP contribution in [0.5, 0.6) is 0 Å². The summed E-state index contributed by atoms with van der Waals surface area (Å²) in [4.78, 5) is 25.9. The molecule has 4 heterocycles. The molecule has 0 aromatic carbocycles. The number of piperidine rings is 1. The molecular weight excluding hydrogens is 292 g/mol. The Labute approximate surface area is 133 Å². The fraction of sp³-hybridized carbons (Fsp3) is 0.438. The van der Waals surface area contributed by atoms with E-state index in [1.165, 1.54) is 0 Å². The van der Waals surface area contributed by atoms with Crippen molar-refractivity contribution < 1.29 is 4.79 Å². The fourth-order valence-corrected chi connectivity index (χ4v) is 3.68. The van der Waals surface area contributed by atoms with E-state index in [4.69, 9.17) is 5.73 Å². The van der Waals surface area contributed by atoms with E-state index in [1.807, 2.05) is 23.5 Å². The minimum atomic E-state index is -0.191. The van der Waals surface area contributed by atoms with Gasteiger partial charge in [-0.3, -0.25) is 4.79 Å². The van der Waals surface area contributed by atoms with E-state index in [2.05, 4.69) is 26.4 Å². The van der Waals surface area contributed by atoms with Crippen molar-refractivity contribution in [3.8, 4) is 0 Å². The number of nitrogens with one attached hydrogen (secondary N) is 1. The molecule has 7 nitrogen and oxygen atoms in total. The van der Waals surface area contributed by atoms with Gasteiger partial charge in [0.15, 0.2) is 0 Å². The summed E-state index contributed by atoms with van der Waals surface area (Å²) < 4.78 is 2.20. The Morgan fingerprint density at radius 2 is 2.35 bits per heavy atom. The van der Waals surface area contributed by atoms with Crippen LogP contribution in [0.25, 0.3) is 22.1 Å². The minimum absolute atomic E-state index is 0.00815. The summed E-state index contributed by atoms with van der Waals surface area (Å²) in [5.74, 6) is 0.00815. The first-order chi connectivity index (χ1) is 11.1. The topological polar surface area (TPSA) is 92.8 Å². The summed E-state index contributed by atoms with van der Waals surface area (Å²) in [7, 11) is 0. The number of carbonyl (C=O) groups excluding carboxylic acids is 1. The van der Waals surface area contributed by atoms with Crippen LogP contribution in [0.1, 0.15) is 19.8 Å². The van der Waals surface area contributed by atoms with Gasteiger partial charge in [0.25, 0.3) is 0 Å². The third-order valence-corrected chi connectivity index (χ3v) is 4.88. The summed E-state index contributed by atoms with van der Waals surface area (Å²) in [5, 5.41) is 1.06.